The molecule has 3 N–H and O–H groups in total. The van der Waals surface area contributed by atoms with Gasteiger partial charge in [-0.15, -0.1) is 0 Å². The van der Waals surface area contributed by atoms with E-state index in [-0.39, 0.29) is 5.92 Å². The average Bonchev–Trinajstić information content (AvgIpc) is 3.08. The van der Waals surface area contributed by atoms with Gasteiger partial charge in [-0.25, -0.2) is 8.78 Å². The predicted molar refractivity (Wildman–Crippen MR) is 57.4 cm³/mol. The molecule has 0 amide bonds. The van der Waals surface area contributed by atoms with E-state index in [1.807, 2.05) is 0 Å². The molecule has 18 heavy (non-hydrogen) atoms. The Morgan fingerprint density at radius 2 is 1.78 bits per heavy atom. The maximum absolute atomic E-state index is 13.7. The summed E-state index contributed by atoms with van der Waals surface area (Å²) in [6.07, 6.45) is 0.946. The van der Waals surface area contributed by atoms with Crippen molar-refractivity contribution < 1.29 is 28.9 Å². The molecule has 1 unspecified atom stereocenters. The molecule has 0 radical (unpaired) electrons. The lowest BCUT2D eigenvalue weighted by Crippen LogP contribution is -2.12. The molecule has 98 valence electrons. The number of hydrogen-bond acceptors (Lipinski definition) is 3. The Bertz CT molecular complexity index is 471. The highest BCUT2D eigenvalue weighted by Gasteiger charge is 2.38. The average molecular weight is 258 g/mol. The van der Waals surface area contributed by atoms with Gasteiger partial charge in [-0.3, -0.25) is 4.79 Å². The van der Waals surface area contributed by atoms with Gasteiger partial charge in [-0.05, 0) is 18.8 Å². The number of phenolic OH excluding ortho intramolecular Hbond substituents is 2. The zero-order chi connectivity index (χ0) is 13.4. The number of benzene rings is 1. The molecule has 1 saturated carbocycles. The molecule has 1 aliphatic carbocycles. The molecule has 1 aromatic carbocycles. The molecule has 0 aliphatic heterocycles. The summed E-state index contributed by atoms with van der Waals surface area (Å²) < 4.78 is 27.5. The van der Waals surface area contributed by atoms with Gasteiger partial charge in [0.15, 0.2) is 23.1 Å². The third kappa shape index (κ3) is 2.23. The predicted octanol–water partition coefficient (Wildman–Crippen LogP) is 2.34. The Morgan fingerprint density at radius 3 is 2.17 bits per heavy atom. The summed E-state index contributed by atoms with van der Waals surface area (Å²) in [5, 5.41) is 27.3. The highest BCUT2D eigenvalue weighted by molar-refractivity contribution is 5.68. The van der Waals surface area contributed by atoms with Gasteiger partial charge in [0.1, 0.15) is 0 Å². The van der Waals surface area contributed by atoms with E-state index in [4.69, 9.17) is 5.11 Å². The zero-order valence-corrected chi connectivity index (χ0v) is 9.36. The van der Waals surface area contributed by atoms with Crippen molar-refractivity contribution in [3.8, 4) is 11.5 Å². The molecule has 2 rings (SSSR count). The van der Waals surface area contributed by atoms with Crippen LogP contribution in [0.4, 0.5) is 8.78 Å². The molecule has 0 saturated heterocycles. The SMILES string of the molecule is O=C(O)CC(c1c(F)c(O)cc(O)c1F)C1CC1. The second kappa shape index (κ2) is 4.44. The first-order chi connectivity index (χ1) is 8.41. The molecule has 6 heteroatoms. The number of aromatic hydroxyl groups is 2. The number of aliphatic carboxylic acids is 1. The number of carboxylic acids is 1. The molecule has 0 aromatic heterocycles. The number of carbonyl (C=O) groups is 1. The summed E-state index contributed by atoms with van der Waals surface area (Å²) in [4.78, 5) is 10.7. The lowest BCUT2D eigenvalue weighted by Gasteiger charge is -2.17. The zero-order valence-electron chi connectivity index (χ0n) is 9.36. The third-order valence-electron chi connectivity index (χ3n) is 3.15. The van der Waals surface area contributed by atoms with E-state index in [2.05, 4.69) is 0 Å². The van der Waals surface area contributed by atoms with Crippen LogP contribution in [-0.2, 0) is 4.79 Å². The van der Waals surface area contributed by atoms with Gasteiger partial charge < -0.3 is 15.3 Å². The standard InChI is InChI=1S/C12H12F2O4/c13-11-7(15)4-8(16)12(14)10(11)6(3-9(17)18)5-1-2-5/h4-6,15-16H,1-3H2,(H,17,18). The van der Waals surface area contributed by atoms with Crippen LogP contribution in [0.25, 0.3) is 0 Å². The number of hydrogen-bond donors (Lipinski definition) is 3. The monoisotopic (exact) mass is 258 g/mol. The highest BCUT2D eigenvalue weighted by Crippen LogP contribution is 2.48. The number of carboxylic acid groups (broad SMARTS) is 1. The molecule has 0 heterocycles. The van der Waals surface area contributed by atoms with Crippen LogP contribution >= 0.6 is 0 Å². The minimum absolute atomic E-state index is 0.119. The van der Waals surface area contributed by atoms with Crippen molar-refractivity contribution in [2.24, 2.45) is 5.92 Å². The first-order valence-electron chi connectivity index (χ1n) is 5.53. The fourth-order valence-corrected chi connectivity index (χ4v) is 2.15. The van der Waals surface area contributed by atoms with E-state index >= 15 is 0 Å². The van der Waals surface area contributed by atoms with Crippen LogP contribution in [0.15, 0.2) is 6.07 Å². The minimum Gasteiger partial charge on any atom is -0.505 e. The molecular weight excluding hydrogens is 246 g/mol. The van der Waals surface area contributed by atoms with Crippen LogP contribution in [0.3, 0.4) is 0 Å². The van der Waals surface area contributed by atoms with E-state index in [9.17, 15) is 23.8 Å². The van der Waals surface area contributed by atoms with Crippen LogP contribution in [0, 0.1) is 17.6 Å². The molecule has 0 spiro atoms. The maximum atomic E-state index is 13.7. The first kappa shape index (κ1) is 12.6. The van der Waals surface area contributed by atoms with Crippen molar-refractivity contribution in [3.05, 3.63) is 23.3 Å². The van der Waals surface area contributed by atoms with Crippen LogP contribution in [0.1, 0.15) is 30.7 Å². The Balaban J connectivity index is 2.49. The van der Waals surface area contributed by atoms with Crippen LogP contribution in [0.5, 0.6) is 11.5 Å². The maximum Gasteiger partial charge on any atom is 0.303 e. The second-order valence-electron chi connectivity index (χ2n) is 4.50. The van der Waals surface area contributed by atoms with Gasteiger partial charge in [-0.1, -0.05) is 0 Å². The van der Waals surface area contributed by atoms with E-state index in [1.165, 1.54) is 0 Å². The molecule has 1 fully saturated rings. The second-order valence-corrected chi connectivity index (χ2v) is 4.50. The Labute approximate surface area is 101 Å². The lowest BCUT2D eigenvalue weighted by molar-refractivity contribution is -0.137. The summed E-state index contributed by atoms with van der Waals surface area (Å²) >= 11 is 0. The Kier molecular flexibility index (Phi) is 3.11. The smallest absolute Gasteiger partial charge is 0.303 e. The van der Waals surface area contributed by atoms with Crippen molar-refractivity contribution in [1.29, 1.82) is 0 Å². The van der Waals surface area contributed by atoms with Gasteiger partial charge in [0.05, 0.1) is 6.42 Å². The molecule has 0 bridgehead atoms. The lowest BCUT2D eigenvalue weighted by atomic mass is 9.89. The number of phenols is 2. The van der Waals surface area contributed by atoms with E-state index < -0.39 is 47.0 Å². The molecule has 1 aliphatic rings. The van der Waals surface area contributed by atoms with Gasteiger partial charge >= 0.3 is 5.97 Å². The number of rotatable bonds is 4. The topological polar surface area (TPSA) is 77.8 Å². The van der Waals surface area contributed by atoms with E-state index in [0.717, 1.165) is 0 Å². The van der Waals surface area contributed by atoms with Crippen LogP contribution in [0.2, 0.25) is 0 Å². The normalized spacial score (nSPS) is 16.6. The van der Waals surface area contributed by atoms with Gasteiger partial charge in [-0.2, -0.15) is 0 Å². The van der Waals surface area contributed by atoms with Crippen LogP contribution < -0.4 is 0 Å². The molecular formula is C12H12F2O4. The molecule has 1 atom stereocenters. The number of halogens is 2. The largest absolute Gasteiger partial charge is 0.505 e. The van der Waals surface area contributed by atoms with E-state index in [0.29, 0.717) is 18.9 Å². The van der Waals surface area contributed by atoms with Crippen molar-refractivity contribution in [1.82, 2.24) is 0 Å². The summed E-state index contributed by atoms with van der Waals surface area (Å²) in [6, 6.07) is 0.568. The highest BCUT2D eigenvalue weighted by atomic mass is 19.1. The summed E-state index contributed by atoms with van der Waals surface area (Å²) in [6.45, 7) is 0. The summed E-state index contributed by atoms with van der Waals surface area (Å²) in [7, 11) is 0. The Hall–Kier alpha value is -1.85. The van der Waals surface area contributed by atoms with Crippen LogP contribution in [-0.4, -0.2) is 21.3 Å². The van der Waals surface area contributed by atoms with Gasteiger partial charge in [0, 0.05) is 17.5 Å². The van der Waals surface area contributed by atoms with Crippen molar-refractivity contribution in [3.63, 3.8) is 0 Å². The van der Waals surface area contributed by atoms with Crippen molar-refractivity contribution in [2.75, 3.05) is 0 Å². The molecule has 1 aromatic rings. The fraction of sp³-hybridized carbons (Fsp3) is 0.417. The fourth-order valence-electron chi connectivity index (χ4n) is 2.15. The third-order valence-corrected chi connectivity index (χ3v) is 3.15. The first-order valence-corrected chi connectivity index (χ1v) is 5.53. The quantitative estimate of drug-likeness (QED) is 0.774. The van der Waals surface area contributed by atoms with Gasteiger partial charge in [0.25, 0.3) is 0 Å². The summed E-state index contributed by atoms with van der Waals surface area (Å²) in [5.74, 6) is -6.29. The summed E-state index contributed by atoms with van der Waals surface area (Å²) in [5.41, 5.74) is -0.530. The Morgan fingerprint density at radius 1 is 1.28 bits per heavy atom. The van der Waals surface area contributed by atoms with E-state index in [1.54, 1.807) is 0 Å². The minimum atomic E-state index is -1.19. The molecule has 4 nitrogen and oxygen atoms in total. The van der Waals surface area contributed by atoms with Crippen molar-refractivity contribution in [2.45, 2.75) is 25.2 Å². The van der Waals surface area contributed by atoms with Gasteiger partial charge in [0.2, 0.25) is 0 Å². The van der Waals surface area contributed by atoms with Crippen molar-refractivity contribution >= 4 is 5.97 Å².